The first-order chi connectivity index (χ1) is 8.66. The molecule has 0 amide bonds. The van der Waals surface area contributed by atoms with E-state index in [0.717, 1.165) is 11.4 Å². The Hall–Kier alpha value is -1.97. The largest absolute Gasteiger partial charge is 0.350 e. The third kappa shape index (κ3) is 1.65. The lowest BCUT2D eigenvalue weighted by Crippen LogP contribution is -1.94. The molecule has 0 unspecified atom stereocenters. The molecule has 2 aromatic rings. The molecular weight excluding hydrogens is 224 g/mol. The number of rotatable bonds is 2. The average Bonchev–Trinajstić information content (AvgIpc) is 2.97. The highest BCUT2D eigenvalue weighted by Crippen LogP contribution is 2.28. The Morgan fingerprint density at radius 2 is 2.11 bits per heavy atom. The summed E-state index contributed by atoms with van der Waals surface area (Å²) in [6.45, 7) is 4.90. The Bertz CT molecular complexity index is 662. The molecule has 0 bridgehead atoms. The van der Waals surface area contributed by atoms with Gasteiger partial charge in [0.25, 0.3) is 0 Å². The zero-order valence-electron chi connectivity index (χ0n) is 10.9. The van der Waals surface area contributed by atoms with Crippen molar-refractivity contribution in [1.29, 1.82) is 0 Å². The maximum absolute atomic E-state index is 4.26. The van der Waals surface area contributed by atoms with Crippen molar-refractivity contribution in [2.75, 3.05) is 6.67 Å². The monoisotopic (exact) mass is 240 g/mol. The number of amidine groups is 1. The zero-order chi connectivity index (χ0) is 12.7. The number of benzene rings is 1. The van der Waals surface area contributed by atoms with Crippen molar-refractivity contribution in [3.63, 3.8) is 0 Å². The number of hydrogen-bond acceptors (Lipinski definition) is 3. The number of aliphatic imine (C=N–C) groups is 1. The lowest BCUT2D eigenvalue weighted by Gasteiger charge is -2.03. The van der Waals surface area contributed by atoms with E-state index in [-0.39, 0.29) is 0 Å². The molecule has 0 atom stereocenters. The summed E-state index contributed by atoms with van der Waals surface area (Å²) in [6, 6.07) is 6.39. The van der Waals surface area contributed by atoms with E-state index in [1.54, 1.807) is 0 Å². The molecule has 18 heavy (non-hydrogen) atoms. The highest BCUT2D eigenvalue weighted by atomic mass is 15.2. The quantitative estimate of drug-likeness (QED) is 0.771. The fraction of sp³-hybridized carbons (Fsp3) is 0.357. The molecule has 0 saturated carbocycles. The van der Waals surface area contributed by atoms with Crippen LogP contribution in [0.1, 0.15) is 30.9 Å². The second-order valence-electron chi connectivity index (χ2n) is 4.95. The standard InChI is InChI=1S/C14H16N4/c1-9(2)12-7-18(3)13-6-10(4-5-11(12)13)14-15-8-16-17-14/h4-7,9H,8H2,1-3H3. The molecule has 1 aromatic carbocycles. The van der Waals surface area contributed by atoms with Gasteiger partial charge in [0.05, 0.1) is 0 Å². The van der Waals surface area contributed by atoms with Gasteiger partial charge in [-0.3, -0.25) is 0 Å². The third-order valence-corrected chi connectivity index (χ3v) is 3.35. The minimum atomic E-state index is 0.456. The molecule has 4 heteroatoms. The molecule has 0 fully saturated rings. The number of hydrogen-bond donors (Lipinski definition) is 0. The molecule has 0 saturated heterocycles. The molecule has 0 radical (unpaired) electrons. The van der Waals surface area contributed by atoms with Crippen LogP contribution in [-0.2, 0) is 7.05 Å². The topological polar surface area (TPSA) is 42.0 Å². The van der Waals surface area contributed by atoms with Gasteiger partial charge in [0.2, 0.25) is 0 Å². The van der Waals surface area contributed by atoms with E-state index in [4.69, 9.17) is 0 Å². The van der Waals surface area contributed by atoms with Gasteiger partial charge in [-0.2, -0.15) is 5.11 Å². The maximum Gasteiger partial charge on any atom is 0.178 e. The second-order valence-corrected chi connectivity index (χ2v) is 4.95. The van der Waals surface area contributed by atoms with Crippen molar-refractivity contribution < 1.29 is 0 Å². The van der Waals surface area contributed by atoms with Gasteiger partial charge < -0.3 is 4.57 Å². The molecule has 0 N–H and O–H groups in total. The number of aryl methyl sites for hydroxylation is 1. The average molecular weight is 240 g/mol. The van der Waals surface area contributed by atoms with Gasteiger partial charge in [0, 0.05) is 29.7 Å². The van der Waals surface area contributed by atoms with E-state index < -0.39 is 0 Å². The normalized spacial score (nSPS) is 14.8. The fourth-order valence-electron chi connectivity index (χ4n) is 2.39. The zero-order valence-corrected chi connectivity index (χ0v) is 10.9. The van der Waals surface area contributed by atoms with Crippen molar-refractivity contribution >= 4 is 16.7 Å². The van der Waals surface area contributed by atoms with Crippen LogP contribution in [0.3, 0.4) is 0 Å². The smallest absolute Gasteiger partial charge is 0.178 e. The summed E-state index contributed by atoms with van der Waals surface area (Å²) in [5.41, 5.74) is 3.65. The SMILES string of the molecule is CC(C)c1cn(C)c2cc(C3=NCN=N3)ccc12. The molecule has 1 aromatic heterocycles. The van der Waals surface area contributed by atoms with Crippen LogP contribution in [0.5, 0.6) is 0 Å². The molecular formula is C14H16N4. The van der Waals surface area contributed by atoms with E-state index in [2.05, 4.69) is 65.1 Å². The highest BCUT2D eigenvalue weighted by molar-refractivity contribution is 6.02. The second kappa shape index (κ2) is 4.05. The van der Waals surface area contributed by atoms with Gasteiger partial charge in [0.15, 0.2) is 12.5 Å². The number of fused-ring (bicyclic) bond motifs is 1. The van der Waals surface area contributed by atoms with Gasteiger partial charge in [-0.1, -0.05) is 26.0 Å². The van der Waals surface area contributed by atoms with Crippen molar-refractivity contribution in [1.82, 2.24) is 4.57 Å². The van der Waals surface area contributed by atoms with E-state index in [1.807, 2.05) is 0 Å². The van der Waals surface area contributed by atoms with Crippen LogP contribution in [-0.4, -0.2) is 17.1 Å². The van der Waals surface area contributed by atoms with Crippen molar-refractivity contribution in [3.8, 4) is 0 Å². The lowest BCUT2D eigenvalue weighted by molar-refractivity contribution is 0.857. The Labute approximate surface area is 106 Å². The summed E-state index contributed by atoms with van der Waals surface area (Å²) in [4.78, 5) is 4.26. The summed E-state index contributed by atoms with van der Waals surface area (Å²) in [5.74, 6) is 1.27. The van der Waals surface area contributed by atoms with Crippen LogP contribution in [0, 0.1) is 0 Å². The Morgan fingerprint density at radius 3 is 2.78 bits per heavy atom. The van der Waals surface area contributed by atoms with E-state index in [1.165, 1.54) is 16.5 Å². The van der Waals surface area contributed by atoms with E-state index in [9.17, 15) is 0 Å². The molecule has 4 nitrogen and oxygen atoms in total. The summed E-state index contributed by atoms with van der Waals surface area (Å²) < 4.78 is 2.17. The lowest BCUT2D eigenvalue weighted by atomic mass is 10.0. The minimum Gasteiger partial charge on any atom is -0.350 e. The Morgan fingerprint density at radius 1 is 1.28 bits per heavy atom. The highest BCUT2D eigenvalue weighted by Gasteiger charge is 2.12. The summed E-state index contributed by atoms with van der Waals surface area (Å²) in [7, 11) is 2.08. The predicted octanol–water partition coefficient (Wildman–Crippen LogP) is 3.47. The van der Waals surface area contributed by atoms with Crippen LogP contribution in [0.4, 0.5) is 0 Å². The van der Waals surface area contributed by atoms with Gasteiger partial charge >= 0.3 is 0 Å². The van der Waals surface area contributed by atoms with Crippen LogP contribution >= 0.6 is 0 Å². The summed E-state index contributed by atoms with van der Waals surface area (Å²) in [6.07, 6.45) is 2.21. The van der Waals surface area contributed by atoms with Crippen molar-refractivity contribution in [2.24, 2.45) is 22.3 Å². The maximum atomic E-state index is 4.26. The van der Waals surface area contributed by atoms with Crippen LogP contribution in [0.15, 0.2) is 39.6 Å². The van der Waals surface area contributed by atoms with Gasteiger partial charge in [-0.05, 0) is 17.5 Å². The van der Waals surface area contributed by atoms with Crippen molar-refractivity contribution in [2.45, 2.75) is 19.8 Å². The molecule has 1 aliphatic rings. The van der Waals surface area contributed by atoms with E-state index >= 15 is 0 Å². The van der Waals surface area contributed by atoms with Gasteiger partial charge in [-0.25, -0.2) is 4.99 Å². The van der Waals surface area contributed by atoms with Crippen LogP contribution < -0.4 is 0 Å². The summed E-state index contributed by atoms with van der Waals surface area (Å²) in [5, 5.41) is 9.25. The number of nitrogens with zero attached hydrogens (tertiary/aromatic N) is 4. The first-order valence-electron chi connectivity index (χ1n) is 6.18. The van der Waals surface area contributed by atoms with Crippen molar-refractivity contribution in [3.05, 3.63) is 35.5 Å². The number of aromatic nitrogens is 1. The molecule has 92 valence electrons. The third-order valence-electron chi connectivity index (χ3n) is 3.35. The Kier molecular flexibility index (Phi) is 2.51. The first-order valence-corrected chi connectivity index (χ1v) is 6.18. The molecule has 0 aliphatic carbocycles. The fourth-order valence-corrected chi connectivity index (χ4v) is 2.39. The minimum absolute atomic E-state index is 0.456. The molecule has 2 heterocycles. The van der Waals surface area contributed by atoms with Crippen LogP contribution in [0.2, 0.25) is 0 Å². The van der Waals surface area contributed by atoms with Gasteiger partial charge in [0.1, 0.15) is 0 Å². The van der Waals surface area contributed by atoms with Gasteiger partial charge in [-0.15, -0.1) is 5.11 Å². The van der Waals surface area contributed by atoms with E-state index in [0.29, 0.717) is 12.6 Å². The predicted molar refractivity (Wildman–Crippen MR) is 73.3 cm³/mol. The van der Waals surface area contributed by atoms with Crippen LogP contribution in [0.25, 0.3) is 10.9 Å². The molecule has 1 aliphatic heterocycles. The summed E-state index contributed by atoms with van der Waals surface area (Å²) >= 11 is 0. The molecule has 0 spiro atoms. The Balaban J connectivity index is 2.18. The number of azo groups is 1. The first kappa shape index (κ1) is 11.1. The molecule has 3 rings (SSSR count).